The molecule has 0 aromatic heterocycles. The van der Waals surface area contributed by atoms with E-state index in [4.69, 9.17) is 14.2 Å². The highest BCUT2D eigenvalue weighted by atomic mass is 19.1. The molecule has 200 valence electrons. The lowest BCUT2D eigenvalue weighted by Crippen LogP contribution is -2.29. The lowest BCUT2D eigenvalue weighted by atomic mass is 9.79. The summed E-state index contributed by atoms with van der Waals surface area (Å²) in [6, 6.07) is 3.32. The van der Waals surface area contributed by atoms with Crippen molar-refractivity contribution in [1.82, 2.24) is 0 Å². The fraction of sp³-hybridized carbons (Fsp3) is 0.562. The molecule has 0 radical (unpaired) electrons. The van der Waals surface area contributed by atoms with Crippen molar-refractivity contribution in [3.8, 4) is 11.5 Å². The van der Waals surface area contributed by atoms with Crippen molar-refractivity contribution in [2.24, 2.45) is 5.92 Å². The largest absolute Gasteiger partial charge is 0.507 e. The van der Waals surface area contributed by atoms with Crippen LogP contribution in [0.15, 0.2) is 51.8 Å². The minimum absolute atomic E-state index is 0.172. The van der Waals surface area contributed by atoms with Crippen molar-refractivity contribution < 1.29 is 23.7 Å². The molecule has 0 saturated heterocycles. The average molecular weight is 509 g/mol. The molecule has 4 nitrogen and oxygen atoms in total. The molecule has 1 aliphatic heterocycles. The van der Waals surface area contributed by atoms with Gasteiger partial charge in [-0.05, 0) is 105 Å². The topological polar surface area (TPSA) is 47.9 Å². The van der Waals surface area contributed by atoms with Gasteiger partial charge in [-0.25, -0.2) is 4.39 Å². The predicted molar refractivity (Wildman–Crippen MR) is 145 cm³/mol. The van der Waals surface area contributed by atoms with Crippen LogP contribution in [0.4, 0.5) is 4.39 Å². The van der Waals surface area contributed by atoms with E-state index in [1.165, 1.54) is 23.1 Å². The molecular formula is C32H41FO4. The number of methoxy groups -OCH3 is 1. The normalized spacial score (nSPS) is 23.0. The van der Waals surface area contributed by atoms with Crippen LogP contribution in [-0.4, -0.2) is 31.5 Å². The van der Waals surface area contributed by atoms with Gasteiger partial charge in [0.1, 0.15) is 17.6 Å². The van der Waals surface area contributed by atoms with Gasteiger partial charge in [-0.15, -0.1) is 0 Å². The maximum absolute atomic E-state index is 15.2. The third kappa shape index (κ3) is 5.38. The first-order valence-electron chi connectivity index (χ1n) is 14.2. The van der Waals surface area contributed by atoms with Gasteiger partial charge in [-0.1, -0.05) is 19.4 Å². The summed E-state index contributed by atoms with van der Waals surface area (Å²) in [7, 11) is 1.65. The van der Waals surface area contributed by atoms with Gasteiger partial charge in [0.25, 0.3) is 0 Å². The van der Waals surface area contributed by atoms with E-state index in [1.807, 2.05) is 0 Å². The van der Waals surface area contributed by atoms with Gasteiger partial charge in [0, 0.05) is 37.3 Å². The molecule has 37 heavy (non-hydrogen) atoms. The van der Waals surface area contributed by atoms with Crippen LogP contribution in [0.25, 0.3) is 5.57 Å². The van der Waals surface area contributed by atoms with Crippen LogP contribution < -0.4 is 9.47 Å². The predicted octanol–water partition coefficient (Wildman–Crippen LogP) is 8.39. The summed E-state index contributed by atoms with van der Waals surface area (Å²) in [5.74, 6) is 1.24. The number of aliphatic hydroxyl groups excluding tert-OH is 1. The zero-order valence-electron chi connectivity index (χ0n) is 22.6. The quantitative estimate of drug-likeness (QED) is 0.297. The van der Waals surface area contributed by atoms with Crippen LogP contribution in [0.1, 0.15) is 90.0 Å². The monoisotopic (exact) mass is 508 g/mol. The maximum atomic E-state index is 15.2. The summed E-state index contributed by atoms with van der Waals surface area (Å²) in [5, 5.41) is 11.5. The number of fused-ring (bicyclic) bond motifs is 2. The first-order chi connectivity index (χ1) is 18.0. The summed E-state index contributed by atoms with van der Waals surface area (Å²) in [6.07, 6.45) is 13.3. The van der Waals surface area contributed by atoms with E-state index in [-0.39, 0.29) is 23.6 Å². The highest BCUT2D eigenvalue weighted by Crippen LogP contribution is 2.47. The summed E-state index contributed by atoms with van der Waals surface area (Å²) in [4.78, 5) is 0. The summed E-state index contributed by atoms with van der Waals surface area (Å²) in [6.45, 7) is 5.30. The van der Waals surface area contributed by atoms with Crippen molar-refractivity contribution in [3.05, 3.63) is 63.2 Å². The average Bonchev–Trinajstić information content (AvgIpc) is 2.89. The SMILES string of the molecule is COCCCOc1cc2c(cc1F)C1=C(/C=C(/C(O)=C3CCC3)C(=C3CCC3)CCCC1)C(C(C)C)O2. The molecule has 1 unspecified atom stereocenters. The van der Waals surface area contributed by atoms with Crippen molar-refractivity contribution in [2.45, 2.75) is 90.6 Å². The molecule has 5 heteroatoms. The lowest BCUT2D eigenvalue weighted by Gasteiger charge is -2.33. The van der Waals surface area contributed by atoms with Gasteiger partial charge >= 0.3 is 0 Å². The van der Waals surface area contributed by atoms with E-state index >= 15 is 4.39 Å². The van der Waals surface area contributed by atoms with Crippen molar-refractivity contribution in [2.75, 3.05) is 20.3 Å². The number of halogens is 1. The molecule has 0 spiro atoms. The second kappa shape index (κ2) is 11.5. The van der Waals surface area contributed by atoms with E-state index in [2.05, 4.69) is 19.9 Å². The summed E-state index contributed by atoms with van der Waals surface area (Å²) < 4.78 is 32.7. The summed E-state index contributed by atoms with van der Waals surface area (Å²) >= 11 is 0. The van der Waals surface area contributed by atoms with Crippen LogP contribution in [0, 0.1) is 11.7 Å². The van der Waals surface area contributed by atoms with Crippen LogP contribution in [0.3, 0.4) is 0 Å². The van der Waals surface area contributed by atoms with E-state index in [0.717, 1.165) is 80.1 Å². The number of allylic oxidation sites excluding steroid dienone is 4. The van der Waals surface area contributed by atoms with E-state index in [1.54, 1.807) is 19.2 Å². The zero-order chi connectivity index (χ0) is 25.9. The first kappa shape index (κ1) is 26.1. The molecule has 0 amide bonds. The smallest absolute Gasteiger partial charge is 0.165 e. The number of rotatable bonds is 7. The Hall–Kier alpha value is -2.53. The Kier molecular flexibility index (Phi) is 8.09. The van der Waals surface area contributed by atoms with E-state index in [9.17, 15) is 5.11 Å². The first-order valence-corrected chi connectivity index (χ1v) is 14.2. The highest BCUT2D eigenvalue weighted by molar-refractivity contribution is 5.79. The molecule has 0 bridgehead atoms. The van der Waals surface area contributed by atoms with Crippen LogP contribution in [0.2, 0.25) is 0 Å². The van der Waals surface area contributed by atoms with Gasteiger partial charge < -0.3 is 19.3 Å². The Balaban J connectivity index is 1.62. The lowest BCUT2D eigenvalue weighted by molar-refractivity contribution is 0.168. The fourth-order valence-electron chi connectivity index (χ4n) is 5.83. The number of ether oxygens (including phenoxy) is 3. The highest BCUT2D eigenvalue weighted by Gasteiger charge is 2.33. The third-order valence-electron chi connectivity index (χ3n) is 8.28. The van der Waals surface area contributed by atoms with Gasteiger partial charge in [-0.2, -0.15) is 0 Å². The molecule has 5 rings (SSSR count). The van der Waals surface area contributed by atoms with Crippen molar-refractivity contribution >= 4 is 5.57 Å². The van der Waals surface area contributed by atoms with Crippen molar-refractivity contribution in [1.29, 1.82) is 0 Å². The Morgan fingerprint density at radius 3 is 2.35 bits per heavy atom. The minimum atomic E-state index is -0.365. The molecule has 1 aromatic rings. The van der Waals surface area contributed by atoms with Crippen LogP contribution in [-0.2, 0) is 4.74 Å². The Bertz CT molecular complexity index is 1140. The second-order valence-electron chi connectivity index (χ2n) is 11.2. The number of benzene rings is 1. The van der Waals surface area contributed by atoms with Gasteiger partial charge in [0.05, 0.1) is 6.61 Å². The number of aliphatic hydroxyl groups is 1. The molecule has 1 N–H and O–H groups in total. The molecule has 2 saturated carbocycles. The molecule has 1 heterocycles. The standard InChI is InChI=1S/C32H41FO4/c1-20(2)32-27-17-26(31(34)22-11-7-12-22)23(21-9-6-10-21)13-4-5-14-24(27)25-18-28(33)30(19-29(25)37-32)36-16-8-15-35-3/h17-20,32,34H,4-16H2,1-3H3/b26-17+. The molecule has 2 fully saturated rings. The van der Waals surface area contributed by atoms with Crippen LogP contribution >= 0.6 is 0 Å². The van der Waals surface area contributed by atoms with Crippen LogP contribution in [0.5, 0.6) is 11.5 Å². The summed E-state index contributed by atoms with van der Waals surface area (Å²) in [5.41, 5.74) is 8.07. The third-order valence-corrected chi connectivity index (χ3v) is 8.28. The Labute approximate surface area is 220 Å². The number of hydrogen-bond acceptors (Lipinski definition) is 4. The second-order valence-corrected chi connectivity index (χ2v) is 11.2. The molecule has 1 aromatic carbocycles. The van der Waals surface area contributed by atoms with Crippen molar-refractivity contribution in [3.63, 3.8) is 0 Å². The van der Waals surface area contributed by atoms with Gasteiger partial charge in [0.15, 0.2) is 11.6 Å². The van der Waals surface area contributed by atoms with Gasteiger partial charge in [0.2, 0.25) is 0 Å². The maximum Gasteiger partial charge on any atom is 0.165 e. The number of hydrogen-bond donors (Lipinski definition) is 1. The fourth-order valence-corrected chi connectivity index (χ4v) is 5.83. The molecule has 3 aliphatic carbocycles. The van der Waals surface area contributed by atoms with Gasteiger partial charge in [-0.3, -0.25) is 0 Å². The Morgan fingerprint density at radius 2 is 1.73 bits per heavy atom. The van der Waals surface area contributed by atoms with E-state index < -0.39 is 0 Å². The minimum Gasteiger partial charge on any atom is -0.507 e. The van der Waals surface area contributed by atoms with E-state index in [0.29, 0.717) is 31.1 Å². The molecule has 1 atom stereocenters. The Morgan fingerprint density at radius 1 is 1.00 bits per heavy atom. The zero-order valence-corrected chi connectivity index (χ0v) is 22.6. The molecule has 4 aliphatic rings. The molecular weight excluding hydrogens is 467 g/mol.